The first-order valence-electron chi connectivity index (χ1n) is 6.55. The Morgan fingerprint density at radius 3 is 2.79 bits per heavy atom. The van der Waals surface area contributed by atoms with Crippen molar-refractivity contribution in [2.45, 2.75) is 45.9 Å². The Morgan fingerprint density at radius 2 is 2.26 bits per heavy atom. The van der Waals surface area contributed by atoms with Gasteiger partial charge in [0.05, 0.1) is 6.20 Å². The molecule has 0 radical (unpaired) electrons. The van der Waals surface area contributed by atoms with Crippen molar-refractivity contribution in [3.05, 3.63) is 17.5 Å². The zero-order chi connectivity index (χ0) is 14.0. The normalized spacial score (nSPS) is 16.3. The molecule has 6 heteroatoms. The molecule has 0 aromatic carbocycles. The fraction of sp³-hybridized carbons (Fsp3) is 0.692. The first-order valence-corrected chi connectivity index (χ1v) is 6.55. The van der Waals surface area contributed by atoms with Gasteiger partial charge in [0.1, 0.15) is 5.60 Å². The number of carbonyl (C=O) groups excluding carboxylic acids is 1. The van der Waals surface area contributed by atoms with E-state index in [1.807, 2.05) is 33.9 Å². The molecule has 1 saturated heterocycles. The number of nitrogens with zero attached hydrogens (tertiary/aromatic N) is 2. The number of carbonyl (C=O) groups is 1. The lowest BCUT2D eigenvalue weighted by molar-refractivity contribution is 0.00518. The first-order chi connectivity index (χ1) is 8.85. The molecule has 1 amide bonds. The number of hydrogen-bond donors (Lipinski definition) is 2. The van der Waals surface area contributed by atoms with Crippen molar-refractivity contribution in [1.29, 1.82) is 0 Å². The second-order valence-electron chi connectivity index (χ2n) is 5.98. The minimum absolute atomic E-state index is 0.231. The first kappa shape index (κ1) is 13.9. The fourth-order valence-electron chi connectivity index (χ4n) is 1.89. The molecule has 1 aromatic heterocycles. The third-order valence-corrected chi connectivity index (χ3v) is 3.05. The van der Waals surface area contributed by atoms with E-state index in [-0.39, 0.29) is 6.09 Å². The van der Waals surface area contributed by atoms with Crippen LogP contribution in [0.25, 0.3) is 0 Å². The molecule has 6 nitrogen and oxygen atoms in total. The number of aromatic nitrogens is 2. The Hall–Kier alpha value is -1.56. The van der Waals surface area contributed by atoms with E-state index in [4.69, 9.17) is 4.74 Å². The van der Waals surface area contributed by atoms with Crippen LogP contribution in [0.3, 0.4) is 0 Å². The quantitative estimate of drug-likeness (QED) is 0.868. The third kappa shape index (κ3) is 3.70. The van der Waals surface area contributed by atoms with Crippen molar-refractivity contribution in [2.75, 3.05) is 13.1 Å². The van der Waals surface area contributed by atoms with Crippen molar-refractivity contribution in [3.63, 3.8) is 0 Å². The molecule has 2 N–H and O–H groups in total. The molecular weight excluding hydrogens is 244 g/mol. The van der Waals surface area contributed by atoms with Crippen LogP contribution in [0.1, 0.15) is 32.0 Å². The molecule has 1 fully saturated rings. The van der Waals surface area contributed by atoms with Gasteiger partial charge in [-0.2, -0.15) is 5.10 Å². The summed E-state index contributed by atoms with van der Waals surface area (Å²) in [4.78, 5) is 13.4. The van der Waals surface area contributed by atoms with Gasteiger partial charge in [0.2, 0.25) is 0 Å². The van der Waals surface area contributed by atoms with Crippen LogP contribution in [-0.2, 0) is 11.3 Å². The number of hydrogen-bond acceptors (Lipinski definition) is 4. The average Bonchev–Trinajstić information content (AvgIpc) is 2.59. The lowest BCUT2D eigenvalue weighted by Gasteiger charge is -2.40. The highest BCUT2D eigenvalue weighted by atomic mass is 16.6. The van der Waals surface area contributed by atoms with Gasteiger partial charge in [-0.05, 0) is 27.7 Å². The van der Waals surface area contributed by atoms with Crippen molar-refractivity contribution in [3.8, 4) is 0 Å². The molecule has 0 bridgehead atoms. The number of H-pyrrole nitrogens is 1. The Balaban J connectivity index is 1.69. The molecule has 1 aromatic rings. The summed E-state index contributed by atoms with van der Waals surface area (Å²) in [6, 6.07) is 0.335. The summed E-state index contributed by atoms with van der Waals surface area (Å²) in [5, 5.41) is 10.3. The van der Waals surface area contributed by atoms with Crippen LogP contribution in [0.2, 0.25) is 0 Å². The van der Waals surface area contributed by atoms with Gasteiger partial charge in [-0.1, -0.05) is 0 Å². The molecule has 1 aliphatic rings. The van der Waals surface area contributed by atoms with Crippen LogP contribution in [0.4, 0.5) is 4.79 Å². The Bertz CT molecular complexity index is 444. The number of aryl methyl sites for hydroxylation is 1. The average molecular weight is 266 g/mol. The van der Waals surface area contributed by atoms with Gasteiger partial charge in [0.25, 0.3) is 0 Å². The van der Waals surface area contributed by atoms with Crippen molar-refractivity contribution < 1.29 is 9.53 Å². The van der Waals surface area contributed by atoms with Gasteiger partial charge in [0, 0.05) is 36.9 Å². The molecule has 106 valence electrons. The predicted octanol–water partition coefficient (Wildman–Crippen LogP) is 1.43. The number of aromatic amines is 1. The Morgan fingerprint density at radius 1 is 1.58 bits per heavy atom. The number of ether oxygens (including phenoxy) is 1. The monoisotopic (exact) mass is 266 g/mol. The highest BCUT2D eigenvalue weighted by molar-refractivity contribution is 5.69. The van der Waals surface area contributed by atoms with Crippen LogP contribution in [0, 0.1) is 6.92 Å². The maximum absolute atomic E-state index is 11.7. The molecule has 0 atom stereocenters. The summed E-state index contributed by atoms with van der Waals surface area (Å²) in [7, 11) is 0. The standard InChI is InChI=1S/C13H22N4O2/c1-9-10(6-15-16-9)5-14-11-7-17(8-11)12(18)19-13(2,3)4/h6,11,14H,5,7-8H2,1-4H3,(H,15,16). The molecule has 0 aliphatic carbocycles. The summed E-state index contributed by atoms with van der Waals surface area (Å²) in [6.07, 6.45) is 1.59. The lowest BCUT2D eigenvalue weighted by Crippen LogP contribution is -2.60. The second-order valence-corrected chi connectivity index (χ2v) is 5.98. The van der Waals surface area contributed by atoms with Crippen LogP contribution < -0.4 is 5.32 Å². The summed E-state index contributed by atoms with van der Waals surface area (Å²) < 4.78 is 5.30. The number of rotatable bonds is 3. The molecular formula is C13H22N4O2. The summed E-state index contributed by atoms with van der Waals surface area (Å²) in [5.41, 5.74) is 1.82. The van der Waals surface area contributed by atoms with E-state index in [1.165, 1.54) is 0 Å². The fourth-order valence-corrected chi connectivity index (χ4v) is 1.89. The van der Waals surface area contributed by atoms with Crippen LogP contribution in [0.5, 0.6) is 0 Å². The van der Waals surface area contributed by atoms with E-state index in [0.717, 1.165) is 17.8 Å². The smallest absolute Gasteiger partial charge is 0.410 e. The van der Waals surface area contributed by atoms with E-state index < -0.39 is 5.60 Å². The highest BCUT2D eigenvalue weighted by Gasteiger charge is 2.33. The van der Waals surface area contributed by atoms with E-state index >= 15 is 0 Å². The molecule has 0 spiro atoms. The topological polar surface area (TPSA) is 70.2 Å². The highest BCUT2D eigenvalue weighted by Crippen LogP contribution is 2.15. The van der Waals surface area contributed by atoms with Gasteiger partial charge in [-0.25, -0.2) is 4.79 Å². The van der Waals surface area contributed by atoms with Crippen molar-refractivity contribution >= 4 is 6.09 Å². The lowest BCUT2D eigenvalue weighted by atomic mass is 10.1. The zero-order valence-corrected chi connectivity index (χ0v) is 12.0. The van der Waals surface area contributed by atoms with Crippen LogP contribution in [0.15, 0.2) is 6.20 Å². The van der Waals surface area contributed by atoms with Gasteiger partial charge in [-0.15, -0.1) is 0 Å². The van der Waals surface area contributed by atoms with Gasteiger partial charge >= 0.3 is 6.09 Å². The molecule has 2 heterocycles. The number of nitrogens with one attached hydrogen (secondary N) is 2. The van der Waals surface area contributed by atoms with E-state index in [2.05, 4.69) is 15.5 Å². The van der Waals surface area contributed by atoms with Crippen molar-refractivity contribution in [2.24, 2.45) is 0 Å². The summed E-state index contributed by atoms with van der Waals surface area (Å²) in [6.45, 7) is 9.80. The van der Waals surface area contributed by atoms with Crippen LogP contribution >= 0.6 is 0 Å². The van der Waals surface area contributed by atoms with Gasteiger partial charge in [0.15, 0.2) is 0 Å². The third-order valence-electron chi connectivity index (χ3n) is 3.05. The summed E-state index contributed by atoms with van der Waals surface area (Å²) in [5.74, 6) is 0. The molecule has 1 aliphatic heterocycles. The molecule has 0 unspecified atom stereocenters. The zero-order valence-electron chi connectivity index (χ0n) is 12.0. The van der Waals surface area contributed by atoms with Crippen molar-refractivity contribution in [1.82, 2.24) is 20.4 Å². The molecule has 2 rings (SSSR count). The van der Waals surface area contributed by atoms with E-state index in [0.29, 0.717) is 19.1 Å². The minimum Gasteiger partial charge on any atom is -0.444 e. The SMILES string of the molecule is Cc1[nH]ncc1CNC1CN(C(=O)OC(C)(C)C)C1. The Labute approximate surface area is 113 Å². The van der Waals surface area contributed by atoms with Gasteiger partial charge < -0.3 is 15.0 Å². The summed E-state index contributed by atoms with van der Waals surface area (Å²) >= 11 is 0. The Kier molecular flexibility index (Phi) is 3.80. The molecule has 19 heavy (non-hydrogen) atoms. The van der Waals surface area contributed by atoms with E-state index in [9.17, 15) is 4.79 Å². The van der Waals surface area contributed by atoms with Gasteiger partial charge in [-0.3, -0.25) is 5.10 Å². The minimum atomic E-state index is -0.427. The van der Waals surface area contributed by atoms with E-state index in [1.54, 1.807) is 4.90 Å². The predicted molar refractivity (Wildman–Crippen MR) is 71.8 cm³/mol. The second kappa shape index (κ2) is 5.21. The number of likely N-dealkylation sites (tertiary alicyclic amines) is 1. The largest absolute Gasteiger partial charge is 0.444 e. The number of amides is 1. The maximum Gasteiger partial charge on any atom is 0.410 e. The van der Waals surface area contributed by atoms with Crippen LogP contribution in [-0.4, -0.2) is 45.9 Å². The maximum atomic E-state index is 11.7. The molecule has 0 saturated carbocycles.